The molecule has 7 heteroatoms. The van der Waals surface area contributed by atoms with Crippen LogP contribution in [0.15, 0.2) is 48.5 Å². The van der Waals surface area contributed by atoms with Gasteiger partial charge in [0.2, 0.25) is 10.0 Å². The van der Waals surface area contributed by atoms with E-state index in [-0.39, 0.29) is 6.04 Å². The summed E-state index contributed by atoms with van der Waals surface area (Å²) in [6.45, 7) is 0.991. The van der Waals surface area contributed by atoms with Crippen LogP contribution in [0.1, 0.15) is 30.2 Å². The fraction of sp³-hybridized carbons (Fsp3) is 0.333. The molecule has 2 aromatic carbocycles. The maximum atomic E-state index is 12.5. The molecule has 0 aliphatic carbocycles. The number of hydrogen-bond acceptors (Lipinski definition) is 4. The predicted molar refractivity (Wildman–Crippen MR) is 97.2 cm³/mol. The highest BCUT2D eigenvalue weighted by Gasteiger charge is 2.16. The van der Waals surface area contributed by atoms with Crippen molar-refractivity contribution in [2.75, 3.05) is 12.9 Å². The van der Waals surface area contributed by atoms with Crippen LogP contribution >= 0.6 is 0 Å². The van der Waals surface area contributed by atoms with E-state index in [0.29, 0.717) is 5.56 Å². The molecule has 2 aromatic rings. The van der Waals surface area contributed by atoms with Crippen LogP contribution in [0.25, 0.3) is 11.1 Å². The van der Waals surface area contributed by atoms with Gasteiger partial charge in [-0.3, -0.25) is 0 Å². The summed E-state index contributed by atoms with van der Waals surface area (Å²) in [6.07, 6.45) is 0.0900. The Morgan fingerprint density at radius 1 is 1.04 bits per heavy atom. The number of halogens is 1. The average molecular weight is 366 g/mol. The molecule has 25 heavy (non-hydrogen) atoms. The Hall–Kier alpha value is -1.80. The normalized spacial score (nSPS) is 15.6. The van der Waals surface area contributed by atoms with E-state index in [2.05, 4.69) is 4.72 Å². The highest BCUT2D eigenvalue weighted by atomic mass is 32.2. The third-order valence-electron chi connectivity index (χ3n) is 3.97. The number of alkyl halides is 1. The van der Waals surface area contributed by atoms with Crippen molar-refractivity contribution in [3.63, 3.8) is 0 Å². The molecule has 0 aliphatic rings. The van der Waals surface area contributed by atoms with Crippen LogP contribution < -0.4 is 10.5 Å². The lowest BCUT2D eigenvalue weighted by molar-refractivity contribution is 0.132. The summed E-state index contributed by atoms with van der Waals surface area (Å²) in [7, 11) is -3.27. The second kappa shape index (κ2) is 8.05. The quantitative estimate of drug-likeness (QED) is 0.701. The third-order valence-corrected chi connectivity index (χ3v) is 4.75. The minimum atomic E-state index is -3.27. The summed E-state index contributed by atoms with van der Waals surface area (Å²) in [5.74, 6) is 0. The first kappa shape index (κ1) is 19.5. The van der Waals surface area contributed by atoms with Gasteiger partial charge in [-0.2, -0.15) is 0 Å². The van der Waals surface area contributed by atoms with Crippen LogP contribution in [0.5, 0.6) is 0 Å². The first-order valence-electron chi connectivity index (χ1n) is 7.88. The van der Waals surface area contributed by atoms with Crippen LogP contribution in [0.3, 0.4) is 0 Å². The molecule has 0 heterocycles. The van der Waals surface area contributed by atoms with Crippen LogP contribution in [0.2, 0.25) is 0 Å². The molecule has 136 valence electrons. The van der Waals surface area contributed by atoms with E-state index in [4.69, 9.17) is 5.73 Å². The summed E-state index contributed by atoms with van der Waals surface area (Å²) in [5.41, 5.74) is 8.82. The Morgan fingerprint density at radius 3 is 1.88 bits per heavy atom. The first-order valence-corrected chi connectivity index (χ1v) is 9.77. The maximum absolute atomic E-state index is 12.5. The molecule has 3 atom stereocenters. The summed E-state index contributed by atoms with van der Waals surface area (Å²) in [5, 5.41) is 9.92. The van der Waals surface area contributed by atoms with Crippen molar-refractivity contribution in [1.82, 2.24) is 4.72 Å². The molecule has 0 bridgehead atoms. The number of nitrogens with two attached hydrogens (primary N) is 1. The molecule has 0 radical (unpaired) electrons. The van der Waals surface area contributed by atoms with Crippen molar-refractivity contribution >= 4 is 10.0 Å². The zero-order chi connectivity index (χ0) is 18.6. The molecule has 0 saturated carbocycles. The lowest BCUT2D eigenvalue weighted by Crippen LogP contribution is -2.30. The first-order chi connectivity index (χ1) is 11.7. The van der Waals surface area contributed by atoms with Crippen molar-refractivity contribution < 1.29 is 17.9 Å². The molecule has 0 aromatic heterocycles. The molecule has 4 N–H and O–H groups in total. The SMILES string of the molecule is C[C@@H](NS(C)(=O)=O)c1ccc(-c2ccc([C@@H](O)[C@H](N)CF)cc2)cc1. The average Bonchev–Trinajstić information content (AvgIpc) is 2.59. The predicted octanol–water partition coefficient (Wildman–Crippen LogP) is 2.29. The number of benzene rings is 2. The second-order valence-electron chi connectivity index (χ2n) is 6.12. The van der Waals surface area contributed by atoms with E-state index in [1.807, 2.05) is 36.4 Å². The van der Waals surface area contributed by atoms with Crippen molar-refractivity contribution in [2.45, 2.75) is 25.1 Å². The van der Waals surface area contributed by atoms with Crippen molar-refractivity contribution in [1.29, 1.82) is 0 Å². The van der Waals surface area contributed by atoms with Gasteiger partial charge in [0.1, 0.15) is 6.67 Å². The highest BCUT2D eigenvalue weighted by molar-refractivity contribution is 7.88. The van der Waals surface area contributed by atoms with Crippen LogP contribution in [-0.2, 0) is 10.0 Å². The van der Waals surface area contributed by atoms with Crippen molar-refractivity contribution in [2.24, 2.45) is 5.73 Å². The fourth-order valence-corrected chi connectivity index (χ4v) is 3.34. The van der Waals surface area contributed by atoms with Gasteiger partial charge in [-0.25, -0.2) is 17.5 Å². The topological polar surface area (TPSA) is 92.4 Å². The van der Waals surface area contributed by atoms with E-state index in [0.717, 1.165) is 22.9 Å². The summed E-state index contributed by atoms with van der Waals surface area (Å²) in [6, 6.07) is 13.4. The van der Waals surface area contributed by atoms with E-state index >= 15 is 0 Å². The van der Waals surface area contributed by atoms with Gasteiger partial charge in [0.05, 0.1) is 18.4 Å². The van der Waals surface area contributed by atoms with Gasteiger partial charge in [-0.15, -0.1) is 0 Å². The molecule has 0 aliphatic heterocycles. The molecule has 0 spiro atoms. The van der Waals surface area contributed by atoms with E-state index in [9.17, 15) is 17.9 Å². The number of nitrogens with one attached hydrogen (secondary N) is 1. The number of hydrogen-bond donors (Lipinski definition) is 3. The summed E-state index contributed by atoms with van der Waals surface area (Å²) in [4.78, 5) is 0. The standard InChI is InChI=1S/C18H23FN2O3S/c1-12(21-25(2,23)24)13-3-5-14(6-4-13)15-7-9-16(10-8-15)18(22)17(20)11-19/h3-10,12,17-18,21-22H,11,20H2,1-2H3/t12-,17-,18-/m1/s1. The maximum Gasteiger partial charge on any atom is 0.209 e. The van der Waals surface area contributed by atoms with Gasteiger partial charge >= 0.3 is 0 Å². The smallest absolute Gasteiger partial charge is 0.209 e. The van der Waals surface area contributed by atoms with Gasteiger partial charge < -0.3 is 10.8 Å². The monoisotopic (exact) mass is 366 g/mol. The van der Waals surface area contributed by atoms with Crippen LogP contribution in [0, 0.1) is 0 Å². The second-order valence-corrected chi connectivity index (χ2v) is 7.90. The highest BCUT2D eigenvalue weighted by Crippen LogP contribution is 2.25. The number of rotatable bonds is 7. The lowest BCUT2D eigenvalue weighted by Gasteiger charge is -2.16. The Morgan fingerprint density at radius 2 is 1.48 bits per heavy atom. The minimum absolute atomic E-state index is 0.316. The van der Waals surface area contributed by atoms with Crippen LogP contribution in [0.4, 0.5) is 4.39 Å². The van der Waals surface area contributed by atoms with Gasteiger partial charge in [-0.1, -0.05) is 48.5 Å². The molecular weight excluding hydrogens is 343 g/mol. The van der Waals surface area contributed by atoms with E-state index in [1.54, 1.807) is 19.1 Å². The zero-order valence-electron chi connectivity index (χ0n) is 14.2. The van der Waals surface area contributed by atoms with Crippen LogP contribution in [-0.4, -0.2) is 32.5 Å². The molecule has 0 fully saturated rings. The summed E-state index contributed by atoms with van der Waals surface area (Å²) >= 11 is 0. The Kier molecular flexibility index (Phi) is 6.29. The van der Waals surface area contributed by atoms with Crippen molar-refractivity contribution in [3.05, 3.63) is 59.7 Å². The number of aliphatic hydroxyl groups is 1. The number of aliphatic hydroxyl groups excluding tert-OH is 1. The Labute approximate surface area is 147 Å². The molecule has 5 nitrogen and oxygen atoms in total. The summed E-state index contributed by atoms with van der Waals surface area (Å²) < 4.78 is 37.7. The molecule has 0 unspecified atom stereocenters. The van der Waals surface area contributed by atoms with Gasteiger partial charge in [0.25, 0.3) is 0 Å². The van der Waals surface area contributed by atoms with E-state index < -0.39 is 28.8 Å². The Balaban J connectivity index is 2.14. The minimum Gasteiger partial charge on any atom is -0.387 e. The van der Waals surface area contributed by atoms with Gasteiger partial charge in [0.15, 0.2) is 0 Å². The zero-order valence-corrected chi connectivity index (χ0v) is 15.0. The van der Waals surface area contributed by atoms with E-state index in [1.165, 1.54) is 0 Å². The lowest BCUT2D eigenvalue weighted by atomic mass is 9.98. The fourth-order valence-electron chi connectivity index (χ4n) is 2.56. The van der Waals surface area contributed by atoms with Crippen molar-refractivity contribution in [3.8, 4) is 11.1 Å². The largest absolute Gasteiger partial charge is 0.387 e. The molecular formula is C18H23FN2O3S. The number of sulfonamides is 1. The Bertz CT molecular complexity index is 792. The molecule has 0 saturated heterocycles. The van der Waals surface area contributed by atoms with Gasteiger partial charge in [-0.05, 0) is 29.2 Å². The molecule has 0 amide bonds. The molecule has 2 rings (SSSR count). The third kappa shape index (κ3) is 5.34. The van der Waals surface area contributed by atoms with Gasteiger partial charge in [0, 0.05) is 6.04 Å².